The van der Waals surface area contributed by atoms with Gasteiger partial charge in [-0.25, -0.2) is 4.39 Å². The molecule has 5 nitrogen and oxygen atoms in total. The van der Waals surface area contributed by atoms with Crippen molar-refractivity contribution in [2.75, 3.05) is 13.2 Å². The summed E-state index contributed by atoms with van der Waals surface area (Å²) in [6.45, 7) is 12.0. The SMILES string of the molecule is Cc1ccc(C(C)(C)C)cc1/C(O)=C1\C(=O)C(=O)N(CCOC(C)C)C1c1ccccc1F. The second-order valence-corrected chi connectivity index (χ2v) is 9.71. The fourth-order valence-electron chi connectivity index (χ4n) is 4.01. The Morgan fingerprint density at radius 2 is 1.82 bits per heavy atom. The van der Waals surface area contributed by atoms with E-state index in [9.17, 15) is 19.1 Å². The molecule has 0 bridgehead atoms. The number of Topliss-reactive ketones (excluding diaryl/α,β-unsaturated/α-hetero) is 1. The molecule has 1 fully saturated rings. The molecular weight excluding hydrogens is 421 g/mol. The number of carbonyl (C=O) groups excluding carboxylic acids is 2. The topological polar surface area (TPSA) is 66.8 Å². The van der Waals surface area contributed by atoms with E-state index in [2.05, 4.69) is 20.8 Å². The van der Waals surface area contributed by atoms with E-state index in [-0.39, 0.29) is 41.6 Å². The average molecular weight is 454 g/mol. The molecule has 1 N–H and O–H groups in total. The Hall–Kier alpha value is -2.99. The number of aliphatic hydroxyl groups excluding tert-OH is 1. The van der Waals surface area contributed by atoms with Gasteiger partial charge < -0.3 is 14.7 Å². The van der Waals surface area contributed by atoms with Crippen LogP contribution in [0.25, 0.3) is 5.76 Å². The molecule has 1 aliphatic rings. The molecule has 33 heavy (non-hydrogen) atoms. The predicted octanol–water partition coefficient (Wildman–Crippen LogP) is 5.28. The Morgan fingerprint density at radius 1 is 1.15 bits per heavy atom. The lowest BCUT2D eigenvalue weighted by atomic mass is 9.84. The first-order chi connectivity index (χ1) is 15.4. The van der Waals surface area contributed by atoms with Gasteiger partial charge in [-0.2, -0.15) is 0 Å². The molecule has 0 aromatic heterocycles. The highest BCUT2D eigenvalue weighted by atomic mass is 19.1. The lowest BCUT2D eigenvalue weighted by Gasteiger charge is -2.26. The minimum atomic E-state index is -1.04. The highest BCUT2D eigenvalue weighted by Gasteiger charge is 2.47. The number of benzene rings is 2. The van der Waals surface area contributed by atoms with Crippen LogP contribution in [0.3, 0.4) is 0 Å². The van der Waals surface area contributed by atoms with Gasteiger partial charge in [0.05, 0.1) is 24.3 Å². The van der Waals surface area contributed by atoms with Crippen LogP contribution in [0.15, 0.2) is 48.0 Å². The second kappa shape index (κ2) is 9.48. The number of hydrogen-bond acceptors (Lipinski definition) is 4. The molecule has 2 aromatic carbocycles. The molecule has 1 aliphatic heterocycles. The quantitative estimate of drug-likeness (QED) is 0.367. The van der Waals surface area contributed by atoms with Gasteiger partial charge in [-0.3, -0.25) is 9.59 Å². The van der Waals surface area contributed by atoms with Gasteiger partial charge in [0.15, 0.2) is 0 Å². The number of rotatable bonds is 6. The van der Waals surface area contributed by atoms with Crippen LogP contribution in [0.1, 0.15) is 62.9 Å². The van der Waals surface area contributed by atoms with Crippen molar-refractivity contribution >= 4 is 17.4 Å². The standard InChI is InChI=1S/C27H32FNO4/c1-16(2)33-14-13-29-23(19-9-7-8-10-21(19)28)22(25(31)26(29)32)24(30)20-15-18(27(4,5)6)12-11-17(20)3/h7-12,15-16,23,30H,13-14H2,1-6H3/b24-22+. The minimum Gasteiger partial charge on any atom is -0.507 e. The molecule has 1 amide bonds. The van der Waals surface area contributed by atoms with Gasteiger partial charge >= 0.3 is 0 Å². The lowest BCUT2D eigenvalue weighted by Crippen LogP contribution is -2.33. The summed E-state index contributed by atoms with van der Waals surface area (Å²) in [6, 6.07) is 10.7. The molecule has 3 rings (SSSR count). The number of ketones is 1. The van der Waals surface area contributed by atoms with Crippen molar-refractivity contribution in [3.05, 3.63) is 76.1 Å². The molecule has 1 heterocycles. The fraction of sp³-hybridized carbons (Fsp3) is 0.407. The first-order valence-electron chi connectivity index (χ1n) is 11.2. The number of halogens is 1. The normalized spacial score (nSPS) is 18.4. The molecule has 0 spiro atoms. The molecule has 0 radical (unpaired) electrons. The highest BCUT2D eigenvalue weighted by molar-refractivity contribution is 6.46. The van der Waals surface area contributed by atoms with E-state index < -0.39 is 23.5 Å². The third-order valence-electron chi connectivity index (χ3n) is 5.88. The summed E-state index contributed by atoms with van der Waals surface area (Å²) in [7, 11) is 0. The van der Waals surface area contributed by atoms with Crippen LogP contribution in [0.5, 0.6) is 0 Å². The number of aryl methyl sites for hydroxylation is 1. The van der Waals surface area contributed by atoms with E-state index >= 15 is 0 Å². The van der Waals surface area contributed by atoms with Gasteiger partial charge in [-0.1, -0.05) is 51.1 Å². The summed E-state index contributed by atoms with van der Waals surface area (Å²) < 4.78 is 20.5. The van der Waals surface area contributed by atoms with Gasteiger partial charge in [0.25, 0.3) is 11.7 Å². The molecule has 6 heteroatoms. The maximum Gasteiger partial charge on any atom is 0.295 e. The van der Waals surface area contributed by atoms with Crippen LogP contribution in [0.2, 0.25) is 0 Å². The predicted molar refractivity (Wildman–Crippen MR) is 126 cm³/mol. The van der Waals surface area contributed by atoms with Crippen molar-refractivity contribution in [2.45, 2.75) is 59.1 Å². The molecule has 2 aromatic rings. The van der Waals surface area contributed by atoms with Gasteiger partial charge in [0, 0.05) is 17.7 Å². The van der Waals surface area contributed by atoms with Crippen molar-refractivity contribution in [3.8, 4) is 0 Å². The Bertz CT molecular complexity index is 1100. The van der Waals surface area contributed by atoms with Gasteiger partial charge in [-0.15, -0.1) is 0 Å². The third kappa shape index (κ3) is 5.01. The van der Waals surface area contributed by atoms with Gasteiger partial charge in [0.2, 0.25) is 0 Å². The summed E-state index contributed by atoms with van der Waals surface area (Å²) in [5, 5.41) is 11.4. The maximum absolute atomic E-state index is 14.9. The summed E-state index contributed by atoms with van der Waals surface area (Å²) in [4.78, 5) is 27.4. The van der Waals surface area contributed by atoms with E-state index in [1.165, 1.54) is 17.0 Å². The number of amides is 1. The minimum absolute atomic E-state index is 0.0588. The van der Waals surface area contributed by atoms with Crippen LogP contribution < -0.4 is 0 Å². The number of ether oxygens (including phenoxy) is 1. The van der Waals surface area contributed by atoms with E-state index in [4.69, 9.17) is 4.74 Å². The van der Waals surface area contributed by atoms with E-state index in [1.807, 2.05) is 39.0 Å². The smallest absolute Gasteiger partial charge is 0.295 e. The van der Waals surface area contributed by atoms with Crippen molar-refractivity contribution in [1.29, 1.82) is 0 Å². The molecule has 1 atom stereocenters. The molecular formula is C27H32FNO4. The molecule has 0 aliphatic carbocycles. The Morgan fingerprint density at radius 3 is 2.42 bits per heavy atom. The summed E-state index contributed by atoms with van der Waals surface area (Å²) in [6.07, 6.45) is -0.0588. The molecule has 176 valence electrons. The molecule has 0 saturated carbocycles. The number of carbonyl (C=O) groups is 2. The first kappa shape index (κ1) is 24.6. The van der Waals surface area contributed by atoms with Gasteiger partial charge in [0.1, 0.15) is 11.6 Å². The third-order valence-corrected chi connectivity index (χ3v) is 5.88. The van der Waals surface area contributed by atoms with E-state index in [0.29, 0.717) is 5.56 Å². The largest absolute Gasteiger partial charge is 0.507 e. The molecule has 1 unspecified atom stereocenters. The zero-order valence-electron chi connectivity index (χ0n) is 20.1. The maximum atomic E-state index is 14.9. The number of nitrogens with zero attached hydrogens (tertiary/aromatic N) is 1. The molecule has 1 saturated heterocycles. The zero-order valence-corrected chi connectivity index (χ0v) is 20.1. The Balaban J connectivity index is 2.19. The van der Waals surface area contributed by atoms with Crippen molar-refractivity contribution in [3.63, 3.8) is 0 Å². The number of likely N-dealkylation sites (tertiary alicyclic amines) is 1. The van der Waals surface area contributed by atoms with E-state index in [0.717, 1.165) is 11.1 Å². The Kier molecular flexibility index (Phi) is 7.08. The van der Waals surface area contributed by atoms with Crippen LogP contribution in [0, 0.1) is 12.7 Å². The monoisotopic (exact) mass is 453 g/mol. The van der Waals surface area contributed by atoms with Crippen molar-refractivity contribution in [2.24, 2.45) is 0 Å². The first-order valence-corrected chi connectivity index (χ1v) is 11.2. The Labute approximate surface area is 194 Å². The second-order valence-electron chi connectivity index (χ2n) is 9.71. The van der Waals surface area contributed by atoms with Crippen LogP contribution in [0.4, 0.5) is 4.39 Å². The van der Waals surface area contributed by atoms with Crippen LogP contribution >= 0.6 is 0 Å². The number of aliphatic hydroxyl groups is 1. The fourth-order valence-corrected chi connectivity index (χ4v) is 4.01. The van der Waals surface area contributed by atoms with Crippen LogP contribution in [-0.4, -0.2) is 41.0 Å². The van der Waals surface area contributed by atoms with Crippen LogP contribution in [-0.2, 0) is 19.7 Å². The number of hydrogen-bond donors (Lipinski definition) is 1. The average Bonchev–Trinajstić information content (AvgIpc) is 2.98. The summed E-state index contributed by atoms with van der Waals surface area (Å²) in [5.74, 6) is -2.45. The van der Waals surface area contributed by atoms with Crippen molar-refractivity contribution < 1.29 is 23.8 Å². The summed E-state index contributed by atoms with van der Waals surface area (Å²) >= 11 is 0. The summed E-state index contributed by atoms with van der Waals surface area (Å²) in [5.41, 5.74) is 2.05. The zero-order chi connectivity index (χ0) is 24.5. The lowest BCUT2D eigenvalue weighted by molar-refractivity contribution is -0.140. The highest BCUT2D eigenvalue weighted by Crippen LogP contribution is 2.41. The van der Waals surface area contributed by atoms with Gasteiger partial charge in [-0.05, 0) is 49.4 Å². The van der Waals surface area contributed by atoms with E-state index in [1.54, 1.807) is 12.1 Å². The van der Waals surface area contributed by atoms with Crippen molar-refractivity contribution in [1.82, 2.24) is 4.90 Å².